The minimum absolute atomic E-state index is 0.0203. The normalized spacial score (nSPS) is 25.7. The number of hydrogen-bond acceptors (Lipinski definition) is 4. The van der Waals surface area contributed by atoms with Crippen LogP contribution in [0.3, 0.4) is 0 Å². The molecule has 0 radical (unpaired) electrons. The van der Waals surface area contributed by atoms with Gasteiger partial charge in [0.2, 0.25) is 10.0 Å². The molecule has 22 heavy (non-hydrogen) atoms. The molecule has 1 amide bonds. The number of nitrogens with one attached hydrogen (secondary N) is 2. The Labute approximate surface area is 130 Å². The van der Waals surface area contributed by atoms with Gasteiger partial charge in [0.1, 0.15) is 25.3 Å². The molecule has 7 nitrogen and oxygen atoms in total. The zero-order valence-electron chi connectivity index (χ0n) is 12.7. The standard InChI is InChI=1S/C14H21N3O4S/c1-10-7-17(8-11(2)21-10)9-14(18)16-12-3-5-13(6-4-12)22(15,19)20/h3-6,10-11H,7-9H2,1-2H3,(H,16,18)(H2,15,19,20)/p+1/t10-,11-/m0/s1. The van der Waals surface area contributed by atoms with E-state index in [0.717, 1.165) is 13.1 Å². The maximum atomic E-state index is 12.1. The Balaban J connectivity index is 1.92. The van der Waals surface area contributed by atoms with Gasteiger partial charge in [0.25, 0.3) is 5.91 Å². The lowest BCUT2D eigenvalue weighted by atomic mass is 10.2. The Hall–Kier alpha value is -1.48. The number of hydrogen-bond donors (Lipinski definition) is 3. The maximum Gasteiger partial charge on any atom is 0.279 e. The highest BCUT2D eigenvalue weighted by atomic mass is 32.2. The molecule has 1 heterocycles. The van der Waals surface area contributed by atoms with Crippen molar-refractivity contribution in [3.05, 3.63) is 24.3 Å². The van der Waals surface area contributed by atoms with Gasteiger partial charge in [-0.3, -0.25) is 4.79 Å². The molecule has 0 saturated carbocycles. The Kier molecular flexibility index (Phi) is 5.17. The topological polar surface area (TPSA) is 103 Å². The van der Waals surface area contributed by atoms with E-state index in [9.17, 15) is 13.2 Å². The lowest BCUT2D eigenvalue weighted by molar-refractivity contribution is -0.907. The average molecular weight is 328 g/mol. The largest absolute Gasteiger partial charge is 0.364 e. The molecule has 1 fully saturated rings. The number of sulfonamides is 1. The Bertz CT molecular complexity index is 620. The SMILES string of the molecule is C[C@H]1C[NH+](CC(=O)Nc2ccc(S(N)(=O)=O)cc2)C[C@H](C)O1. The third-order valence-corrected chi connectivity index (χ3v) is 4.42. The van der Waals surface area contributed by atoms with Crippen LogP contribution in [0.1, 0.15) is 13.8 Å². The van der Waals surface area contributed by atoms with E-state index in [1.807, 2.05) is 13.8 Å². The van der Waals surface area contributed by atoms with Crippen LogP contribution >= 0.6 is 0 Å². The maximum absolute atomic E-state index is 12.1. The molecular weight excluding hydrogens is 306 g/mol. The van der Waals surface area contributed by atoms with Crippen LogP contribution in [-0.4, -0.2) is 46.2 Å². The van der Waals surface area contributed by atoms with Crippen molar-refractivity contribution in [3.8, 4) is 0 Å². The van der Waals surface area contributed by atoms with E-state index in [1.54, 1.807) is 0 Å². The van der Waals surface area contributed by atoms with Gasteiger partial charge in [-0.25, -0.2) is 13.6 Å². The molecule has 1 aromatic rings. The number of rotatable bonds is 4. The summed E-state index contributed by atoms with van der Waals surface area (Å²) >= 11 is 0. The summed E-state index contributed by atoms with van der Waals surface area (Å²) in [5.74, 6) is -0.111. The summed E-state index contributed by atoms with van der Waals surface area (Å²) in [6, 6.07) is 5.79. The number of morpholine rings is 1. The molecule has 2 atom stereocenters. The summed E-state index contributed by atoms with van der Waals surface area (Å²) in [5.41, 5.74) is 0.547. The highest BCUT2D eigenvalue weighted by Gasteiger charge is 2.27. The average Bonchev–Trinajstić information content (AvgIpc) is 2.36. The third kappa shape index (κ3) is 4.77. The number of carbonyl (C=O) groups excluding carboxylic acids is 1. The third-order valence-electron chi connectivity index (χ3n) is 3.49. The summed E-state index contributed by atoms with van der Waals surface area (Å²) in [5, 5.41) is 7.79. The second-order valence-corrected chi connectivity index (χ2v) is 7.27. The first-order chi connectivity index (χ1) is 10.2. The number of ether oxygens (including phenoxy) is 1. The first kappa shape index (κ1) is 16.9. The van der Waals surface area contributed by atoms with Crippen LogP contribution in [0.2, 0.25) is 0 Å². The van der Waals surface area contributed by atoms with Crippen LogP contribution in [0.15, 0.2) is 29.2 Å². The molecule has 0 bridgehead atoms. The van der Waals surface area contributed by atoms with E-state index >= 15 is 0 Å². The molecule has 0 unspecified atom stereocenters. The van der Waals surface area contributed by atoms with Crippen molar-refractivity contribution in [1.29, 1.82) is 0 Å². The van der Waals surface area contributed by atoms with Crippen LogP contribution < -0.4 is 15.4 Å². The van der Waals surface area contributed by atoms with Crippen molar-refractivity contribution in [2.75, 3.05) is 25.0 Å². The van der Waals surface area contributed by atoms with Gasteiger partial charge >= 0.3 is 0 Å². The van der Waals surface area contributed by atoms with Crippen molar-refractivity contribution < 1.29 is 22.8 Å². The summed E-state index contributed by atoms with van der Waals surface area (Å²) in [6.45, 7) is 5.94. The van der Waals surface area contributed by atoms with Gasteiger partial charge in [-0.2, -0.15) is 0 Å². The molecule has 1 aromatic carbocycles. The lowest BCUT2D eigenvalue weighted by Gasteiger charge is -2.31. The number of benzene rings is 1. The van der Waals surface area contributed by atoms with Crippen LogP contribution in [0.4, 0.5) is 5.69 Å². The highest BCUT2D eigenvalue weighted by Crippen LogP contribution is 2.12. The fraction of sp³-hybridized carbons (Fsp3) is 0.500. The van der Waals surface area contributed by atoms with Gasteiger partial charge < -0.3 is 15.0 Å². The predicted octanol–water partition coefficient (Wildman–Crippen LogP) is -1.04. The minimum Gasteiger partial charge on any atom is -0.364 e. The number of quaternary nitrogens is 1. The second-order valence-electron chi connectivity index (χ2n) is 5.71. The van der Waals surface area contributed by atoms with Crippen molar-refractivity contribution in [3.63, 3.8) is 0 Å². The zero-order valence-corrected chi connectivity index (χ0v) is 13.5. The predicted molar refractivity (Wildman–Crippen MR) is 82.0 cm³/mol. The Morgan fingerprint density at radius 1 is 1.27 bits per heavy atom. The summed E-state index contributed by atoms with van der Waals surface area (Å²) in [7, 11) is -3.71. The molecule has 0 spiro atoms. The monoisotopic (exact) mass is 328 g/mol. The van der Waals surface area contributed by atoms with Gasteiger partial charge in [0.15, 0.2) is 6.54 Å². The quantitative estimate of drug-likeness (QED) is 0.657. The summed E-state index contributed by atoms with van der Waals surface area (Å²) < 4.78 is 28.0. The molecule has 1 saturated heterocycles. The van der Waals surface area contributed by atoms with Crippen LogP contribution in [0.5, 0.6) is 0 Å². The zero-order chi connectivity index (χ0) is 16.3. The van der Waals surface area contributed by atoms with Crippen molar-refractivity contribution in [1.82, 2.24) is 0 Å². The molecule has 122 valence electrons. The summed E-state index contributed by atoms with van der Waals surface area (Å²) in [4.78, 5) is 13.3. The number of anilines is 1. The fourth-order valence-corrected chi connectivity index (χ4v) is 3.21. The van der Waals surface area contributed by atoms with Gasteiger partial charge in [0, 0.05) is 5.69 Å². The highest BCUT2D eigenvalue weighted by molar-refractivity contribution is 7.89. The number of primary sulfonamides is 1. The van der Waals surface area contributed by atoms with Gasteiger partial charge in [-0.05, 0) is 38.1 Å². The van der Waals surface area contributed by atoms with Crippen LogP contribution in [0, 0.1) is 0 Å². The minimum atomic E-state index is -3.71. The first-order valence-corrected chi connectivity index (χ1v) is 8.70. The first-order valence-electron chi connectivity index (χ1n) is 7.16. The Morgan fingerprint density at radius 3 is 2.32 bits per heavy atom. The molecule has 0 aromatic heterocycles. The molecule has 0 aliphatic carbocycles. The van der Waals surface area contributed by atoms with E-state index in [1.165, 1.54) is 29.2 Å². The van der Waals surface area contributed by atoms with Crippen LogP contribution in [-0.2, 0) is 19.6 Å². The molecule has 4 N–H and O–H groups in total. The molecule has 8 heteroatoms. The van der Waals surface area contributed by atoms with Crippen LogP contribution in [0.25, 0.3) is 0 Å². The van der Waals surface area contributed by atoms with E-state index in [-0.39, 0.29) is 23.0 Å². The molecule has 1 aliphatic rings. The van der Waals surface area contributed by atoms with Crippen molar-refractivity contribution >= 4 is 21.6 Å². The van der Waals surface area contributed by atoms with Gasteiger partial charge in [-0.1, -0.05) is 0 Å². The van der Waals surface area contributed by atoms with Crippen molar-refractivity contribution in [2.24, 2.45) is 5.14 Å². The lowest BCUT2D eigenvalue weighted by Crippen LogP contribution is -3.16. The Morgan fingerprint density at radius 2 is 1.82 bits per heavy atom. The van der Waals surface area contributed by atoms with Gasteiger partial charge in [0.05, 0.1) is 4.90 Å². The van der Waals surface area contributed by atoms with Gasteiger partial charge in [-0.15, -0.1) is 0 Å². The number of carbonyl (C=O) groups is 1. The summed E-state index contributed by atoms with van der Waals surface area (Å²) in [6.07, 6.45) is 0.279. The van der Waals surface area contributed by atoms with E-state index in [2.05, 4.69) is 5.32 Å². The smallest absolute Gasteiger partial charge is 0.279 e. The molecule has 1 aliphatic heterocycles. The van der Waals surface area contributed by atoms with E-state index in [4.69, 9.17) is 9.88 Å². The van der Waals surface area contributed by atoms with E-state index < -0.39 is 10.0 Å². The molecule has 2 rings (SSSR count). The van der Waals surface area contributed by atoms with E-state index in [0.29, 0.717) is 12.2 Å². The second kappa shape index (κ2) is 6.74. The fourth-order valence-electron chi connectivity index (χ4n) is 2.69. The molecular formula is C14H22N3O4S+. The number of nitrogens with two attached hydrogens (primary N) is 1. The number of amides is 1. The van der Waals surface area contributed by atoms with Crippen molar-refractivity contribution in [2.45, 2.75) is 31.0 Å².